The van der Waals surface area contributed by atoms with Gasteiger partial charge in [-0.05, 0) is 24.3 Å². The van der Waals surface area contributed by atoms with Crippen LogP contribution in [0.4, 0.5) is 0 Å². The Morgan fingerprint density at radius 3 is 2.30 bits per heavy atom. The van der Waals surface area contributed by atoms with Crippen molar-refractivity contribution in [2.24, 2.45) is 5.41 Å². The average molecular weight is 383 g/mol. The van der Waals surface area contributed by atoms with Crippen molar-refractivity contribution in [3.05, 3.63) is 46.1 Å². The number of benzene rings is 1. The van der Waals surface area contributed by atoms with Crippen LogP contribution in [0.3, 0.4) is 0 Å². The Balaban J connectivity index is 2.42. The maximum absolute atomic E-state index is 12.8. The molecule has 0 aromatic heterocycles. The van der Waals surface area contributed by atoms with Crippen LogP contribution in [0.15, 0.2) is 40.5 Å². The highest BCUT2D eigenvalue weighted by molar-refractivity contribution is 9.10. The van der Waals surface area contributed by atoms with Crippen LogP contribution in [0.5, 0.6) is 0 Å². The molecule has 1 amide bonds. The number of hydrogen-bond acceptors (Lipinski definition) is 5. The first kappa shape index (κ1) is 17.5. The highest BCUT2D eigenvalue weighted by Crippen LogP contribution is 2.38. The molecule has 0 bridgehead atoms. The second-order valence-electron chi connectivity index (χ2n) is 6.28. The minimum atomic E-state index is -1.68. The highest BCUT2D eigenvalue weighted by Gasteiger charge is 2.51. The third-order valence-electron chi connectivity index (χ3n) is 3.72. The summed E-state index contributed by atoms with van der Waals surface area (Å²) in [5.74, 6) is -1.11. The summed E-state index contributed by atoms with van der Waals surface area (Å²) in [7, 11) is 1.24. The zero-order valence-corrected chi connectivity index (χ0v) is 15.0. The topological polar surface area (TPSA) is 78.9 Å². The van der Waals surface area contributed by atoms with Crippen molar-refractivity contribution in [2.45, 2.75) is 26.5 Å². The van der Waals surface area contributed by atoms with Crippen LogP contribution in [-0.4, -0.2) is 34.8 Å². The van der Waals surface area contributed by atoms with Gasteiger partial charge in [0.2, 0.25) is 0 Å². The van der Waals surface area contributed by atoms with Crippen LogP contribution in [0.1, 0.15) is 31.1 Å². The molecule has 1 atom stereocenters. The van der Waals surface area contributed by atoms with Crippen LogP contribution in [0.2, 0.25) is 0 Å². The lowest BCUT2D eigenvalue weighted by molar-refractivity contribution is -0.138. The second kappa shape index (κ2) is 5.98. The summed E-state index contributed by atoms with van der Waals surface area (Å²) in [4.78, 5) is 24.5. The number of esters is 1. The number of hydrazine groups is 1. The molecular formula is C16H19BrN2O4. The highest BCUT2D eigenvalue weighted by atomic mass is 79.9. The minimum Gasteiger partial charge on any atom is -0.464 e. The van der Waals surface area contributed by atoms with Gasteiger partial charge < -0.3 is 9.84 Å². The van der Waals surface area contributed by atoms with E-state index in [1.165, 1.54) is 13.2 Å². The van der Waals surface area contributed by atoms with Gasteiger partial charge in [0.15, 0.2) is 5.72 Å². The van der Waals surface area contributed by atoms with Crippen molar-refractivity contribution in [2.75, 3.05) is 7.11 Å². The fourth-order valence-electron chi connectivity index (χ4n) is 2.20. The maximum Gasteiger partial charge on any atom is 0.355 e. The Morgan fingerprint density at radius 1 is 1.26 bits per heavy atom. The summed E-state index contributed by atoms with van der Waals surface area (Å²) in [6.45, 7) is 5.31. The quantitative estimate of drug-likeness (QED) is 0.766. The van der Waals surface area contributed by atoms with Gasteiger partial charge in [-0.2, -0.15) is 0 Å². The monoisotopic (exact) mass is 382 g/mol. The van der Waals surface area contributed by atoms with Crippen molar-refractivity contribution < 1.29 is 19.4 Å². The molecule has 23 heavy (non-hydrogen) atoms. The molecule has 2 rings (SSSR count). The number of nitrogens with zero attached hydrogens (tertiary/aromatic N) is 1. The molecule has 7 heteroatoms. The van der Waals surface area contributed by atoms with Gasteiger partial charge in [0.1, 0.15) is 5.70 Å². The van der Waals surface area contributed by atoms with Gasteiger partial charge in [-0.1, -0.05) is 36.7 Å². The standard InChI is InChI=1S/C16H19BrN2O4/c1-15(2,3)16(22)9-12(14(21)23-4)18-19(16)13(20)10-5-7-11(17)8-6-10/h5-9,18,22H,1-4H3/t16-/m1/s1. The molecule has 0 saturated carbocycles. The van der Waals surface area contributed by atoms with Crippen LogP contribution in [-0.2, 0) is 9.53 Å². The second-order valence-corrected chi connectivity index (χ2v) is 7.20. The van der Waals surface area contributed by atoms with E-state index >= 15 is 0 Å². The van der Waals surface area contributed by atoms with Crippen molar-refractivity contribution in [1.29, 1.82) is 0 Å². The first-order valence-corrected chi connectivity index (χ1v) is 7.80. The SMILES string of the molecule is COC(=O)C1=C[C@@](O)(C(C)(C)C)N(C(=O)c2ccc(Br)cc2)N1. The molecule has 0 saturated heterocycles. The molecular weight excluding hydrogens is 364 g/mol. The van der Waals surface area contributed by atoms with E-state index in [1.807, 2.05) is 0 Å². The van der Waals surface area contributed by atoms with E-state index in [2.05, 4.69) is 26.1 Å². The number of methoxy groups -OCH3 is 1. The summed E-state index contributed by atoms with van der Waals surface area (Å²) >= 11 is 3.31. The predicted octanol–water partition coefficient (Wildman–Crippen LogP) is 2.20. The Morgan fingerprint density at radius 2 is 1.83 bits per heavy atom. The van der Waals surface area contributed by atoms with Gasteiger partial charge in [0.25, 0.3) is 5.91 Å². The number of rotatable bonds is 2. The maximum atomic E-state index is 12.8. The van der Waals surface area contributed by atoms with Crippen LogP contribution >= 0.6 is 15.9 Å². The summed E-state index contributed by atoms with van der Waals surface area (Å²) in [5, 5.41) is 12.1. The van der Waals surface area contributed by atoms with E-state index in [0.29, 0.717) is 5.56 Å². The molecule has 0 radical (unpaired) electrons. The van der Waals surface area contributed by atoms with Gasteiger partial charge in [-0.15, -0.1) is 0 Å². The van der Waals surface area contributed by atoms with Gasteiger partial charge in [0.05, 0.1) is 7.11 Å². The lowest BCUT2D eigenvalue weighted by Gasteiger charge is -2.41. The lowest BCUT2D eigenvalue weighted by atomic mass is 9.82. The molecule has 0 fully saturated rings. The zero-order chi connectivity index (χ0) is 17.4. The molecule has 0 aliphatic carbocycles. The minimum absolute atomic E-state index is 0.0235. The molecule has 1 heterocycles. The normalized spacial score (nSPS) is 20.8. The first-order valence-electron chi connectivity index (χ1n) is 7.00. The Hall–Kier alpha value is -1.86. The molecule has 1 aliphatic heterocycles. The van der Waals surface area contributed by atoms with E-state index in [0.717, 1.165) is 9.48 Å². The number of hydrogen-bond donors (Lipinski definition) is 2. The molecule has 0 spiro atoms. The summed E-state index contributed by atoms with van der Waals surface area (Å²) in [6, 6.07) is 6.73. The van der Waals surface area contributed by atoms with E-state index in [9.17, 15) is 14.7 Å². The van der Waals surface area contributed by atoms with E-state index in [4.69, 9.17) is 0 Å². The summed E-state index contributed by atoms with van der Waals surface area (Å²) in [5.41, 5.74) is 0.646. The smallest absolute Gasteiger partial charge is 0.355 e. The van der Waals surface area contributed by atoms with Crippen molar-refractivity contribution >= 4 is 27.8 Å². The van der Waals surface area contributed by atoms with E-state index in [1.54, 1.807) is 45.0 Å². The summed E-state index contributed by atoms with van der Waals surface area (Å²) < 4.78 is 5.50. The Bertz CT molecular complexity index is 664. The van der Waals surface area contributed by atoms with E-state index in [-0.39, 0.29) is 5.70 Å². The number of ether oxygens (including phenoxy) is 1. The molecule has 1 aromatic carbocycles. The third-order valence-corrected chi connectivity index (χ3v) is 4.25. The van der Waals surface area contributed by atoms with Crippen LogP contribution < -0.4 is 5.43 Å². The number of amides is 1. The Kier molecular flexibility index (Phi) is 4.54. The summed E-state index contributed by atoms with van der Waals surface area (Å²) in [6.07, 6.45) is 1.32. The lowest BCUT2D eigenvalue weighted by Crippen LogP contribution is -2.59. The molecule has 6 nitrogen and oxygen atoms in total. The molecule has 2 N–H and O–H groups in total. The average Bonchev–Trinajstić information content (AvgIpc) is 2.85. The molecule has 124 valence electrons. The fourth-order valence-corrected chi connectivity index (χ4v) is 2.46. The van der Waals surface area contributed by atoms with Crippen LogP contribution in [0.25, 0.3) is 0 Å². The third kappa shape index (κ3) is 3.11. The molecule has 0 unspecified atom stereocenters. The predicted molar refractivity (Wildman–Crippen MR) is 88.0 cm³/mol. The molecule has 1 aromatic rings. The fraction of sp³-hybridized carbons (Fsp3) is 0.375. The van der Waals surface area contributed by atoms with Gasteiger partial charge in [-0.3, -0.25) is 10.2 Å². The number of carbonyl (C=O) groups is 2. The largest absolute Gasteiger partial charge is 0.464 e. The number of nitrogens with one attached hydrogen (secondary N) is 1. The van der Waals surface area contributed by atoms with Gasteiger partial charge in [0, 0.05) is 21.5 Å². The van der Waals surface area contributed by atoms with Gasteiger partial charge in [-0.25, -0.2) is 9.80 Å². The molecule has 1 aliphatic rings. The van der Waals surface area contributed by atoms with Gasteiger partial charge >= 0.3 is 5.97 Å². The number of aliphatic hydroxyl groups is 1. The Labute approximate surface area is 143 Å². The van der Waals surface area contributed by atoms with Crippen molar-refractivity contribution in [3.63, 3.8) is 0 Å². The first-order chi connectivity index (χ1) is 10.6. The van der Waals surface area contributed by atoms with Crippen LogP contribution in [0, 0.1) is 5.41 Å². The van der Waals surface area contributed by atoms with Crippen molar-refractivity contribution in [3.8, 4) is 0 Å². The number of carbonyl (C=O) groups excluding carboxylic acids is 2. The van der Waals surface area contributed by atoms with E-state index < -0.39 is 23.0 Å². The van der Waals surface area contributed by atoms with Crippen molar-refractivity contribution in [1.82, 2.24) is 10.4 Å². The zero-order valence-electron chi connectivity index (χ0n) is 13.4. The number of halogens is 1.